The molecule has 0 aliphatic carbocycles. The third kappa shape index (κ3) is 4.07. The SMILES string of the molecule is O=Cc1cc(Cc2ccccc2Cl)ccc1OCC(=O)O. The van der Waals surface area contributed by atoms with Crippen LogP contribution in [0.3, 0.4) is 0 Å². The van der Waals surface area contributed by atoms with Crippen LogP contribution in [-0.4, -0.2) is 24.0 Å². The first-order valence-electron chi connectivity index (χ1n) is 6.26. The molecule has 0 aliphatic heterocycles. The van der Waals surface area contributed by atoms with Crippen molar-refractivity contribution in [2.45, 2.75) is 6.42 Å². The first-order valence-corrected chi connectivity index (χ1v) is 6.64. The van der Waals surface area contributed by atoms with Gasteiger partial charge in [-0.1, -0.05) is 35.9 Å². The highest BCUT2D eigenvalue weighted by molar-refractivity contribution is 6.31. The van der Waals surface area contributed by atoms with Crippen LogP contribution >= 0.6 is 11.6 Å². The number of aliphatic carboxylic acids is 1. The molecule has 2 aromatic rings. The minimum Gasteiger partial charge on any atom is -0.481 e. The monoisotopic (exact) mass is 304 g/mol. The second-order valence-electron chi connectivity index (χ2n) is 4.44. The predicted molar refractivity (Wildman–Crippen MR) is 79.2 cm³/mol. The molecule has 0 spiro atoms. The number of hydrogen-bond acceptors (Lipinski definition) is 3. The summed E-state index contributed by atoms with van der Waals surface area (Å²) >= 11 is 6.10. The summed E-state index contributed by atoms with van der Waals surface area (Å²) < 4.78 is 5.06. The zero-order valence-corrected chi connectivity index (χ0v) is 11.8. The fraction of sp³-hybridized carbons (Fsp3) is 0.125. The maximum Gasteiger partial charge on any atom is 0.341 e. The lowest BCUT2D eigenvalue weighted by Gasteiger charge is -2.09. The molecule has 4 nitrogen and oxygen atoms in total. The molecular formula is C16H13ClO4. The summed E-state index contributed by atoms with van der Waals surface area (Å²) in [6.07, 6.45) is 1.23. The maximum absolute atomic E-state index is 11.1. The molecule has 0 aromatic heterocycles. The summed E-state index contributed by atoms with van der Waals surface area (Å²) in [6.45, 7) is -0.481. The minimum absolute atomic E-state index is 0.260. The lowest BCUT2D eigenvalue weighted by molar-refractivity contribution is -0.139. The normalized spacial score (nSPS) is 10.1. The van der Waals surface area contributed by atoms with E-state index in [4.69, 9.17) is 21.4 Å². The number of halogens is 1. The summed E-state index contributed by atoms with van der Waals surface area (Å²) in [5.41, 5.74) is 2.17. The van der Waals surface area contributed by atoms with Crippen molar-refractivity contribution in [3.05, 3.63) is 64.2 Å². The van der Waals surface area contributed by atoms with Crippen LogP contribution in [0.4, 0.5) is 0 Å². The molecule has 0 saturated heterocycles. The van der Waals surface area contributed by atoms with Crippen molar-refractivity contribution in [3.8, 4) is 5.75 Å². The van der Waals surface area contributed by atoms with Gasteiger partial charge >= 0.3 is 5.97 Å². The summed E-state index contributed by atoms with van der Waals surface area (Å²) in [5, 5.41) is 9.25. The third-order valence-corrected chi connectivity index (χ3v) is 3.27. The van der Waals surface area contributed by atoms with Crippen molar-refractivity contribution >= 4 is 23.9 Å². The van der Waals surface area contributed by atoms with Gasteiger partial charge in [0.05, 0.1) is 5.56 Å². The zero-order chi connectivity index (χ0) is 15.2. The number of carbonyl (C=O) groups is 2. The lowest BCUT2D eigenvalue weighted by Crippen LogP contribution is -2.10. The van der Waals surface area contributed by atoms with E-state index in [1.807, 2.05) is 24.3 Å². The van der Waals surface area contributed by atoms with Crippen LogP contribution in [0, 0.1) is 0 Å². The van der Waals surface area contributed by atoms with Gasteiger partial charge in [-0.2, -0.15) is 0 Å². The standard InChI is InChI=1S/C16H13ClO4/c17-14-4-2-1-3-12(14)7-11-5-6-15(13(8-11)9-18)21-10-16(19)20/h1-6,8-9H,7,10H2,(H,19,20). The van der Waals surface area contributed by atoms with Gasteiger partial charge in [0.2, 0.25) is 0 Å². The van der Waals surface area contributed by atoms with E-state index >= 15 is 0 Å². The number of carboxylic acid groups (broad SMARTS) is 1. The van der Waals surface area contributed by atoms with E-state index in [1.54, 1.807) is 18.2 Å². The predicted octanol–water partition coefficient (Wildman–Crippen LogP) is 3.21. The van der Waals surface area contributed by atoms with Gasteiger partial charge in [-0.3, -0.25) is 4.79 Å². The van der Waals surface area contributed by atoms with Crippen LogP contribution in [0.2, 0.25) is 5.02 Å². The molecule has 108 valence electrons. The van der Waals surface area contributed by atoms with Crippen LogP contribution in [0.5, 0.6) is 5.75 Å². The Kier molecular flexibility index (Phi) is 4.95. The molecule has 5 heteroatoms. The molecule has 1 N–H and O–H groups in total. The zero-order valence-electron chi connectivity index (χ0n) is 11.1. The van der Waals surface area contributed by atoms with E-state index in [0.717, 1.165) is 11.1 Å². The van der Waals surface area contributed by atoms with Crippen molar-refractivity contribution in [3.63, 3.8) is 0 Å². The van der Waals surface area contributed by atoms with E-state index in [2.05, 4.69) is 0 Å². The Morgan fingerprint density at radius 1 is 1.24 bits per heavy atom. The summed E-state index contributed by atoms with van der Waals surface area (Å²) in [4.78, 5) is 21.6. The molecule has 2 rings (SSSR count). The number of carbonyl (C=O) groups excluding carboxylic acids is 1. The molecule has 0 heterocycles. The van der Waals surface area contributed by atoms with Gasteiger partial charge in [0.1, 0.15) is 5.75 Å². The molecule has 0 unspecified atom stereocenters. The van der Waals surface area contributed by atoms with Gasteiger partial charge < -0.3 is 9.84 Å². The first kappa shape index (κ1) is 15.1. The number of aldehydes is 1. The number of ether oxygens (including phenoxy) is 1. The Morgan fingerprint density at radius 2 is 2.00 bits per heavy atom. The van der Waals surface area contributed by atoms with Crippen molar-refractivity contribution in [2.24, 2.45) is 0 Å². The number of carboxylic acids is 1. The Morgan fingerprint density at radius 3 is 2.67 bits per heavy atom. The van der Waals surface area contributed by atoms with E-state index in [-0.39, 0.29) is 5.75 Å². The Balaban J connectivity index is 2.21. The molecule has 0 saturated carbocycles. The van der Waals surface area contributed by atoms with Gasteiger partial charge in [-0.25, -0.2) is 4.79 Å². The molecular weight excluding hydrogens is 292 g/mol. The van der Waals surface area contributed by atoms with Gasteiger partial charge in [-0.05, 0) is 35.7 Å². The average Bonchev–Trinajstić information content (AvgIpc) is 2.48. The van der Waals surface area contributed by atoms with Gasteiger partial charge in [0.15, 0.2) is 12.9 Å². The highest BCUT2D eigenvalue weighted by atomic mass is 35.5. The molecule has 0 fully saturated rings. The second kappa shape index (κ2) is 6.90. The number of rotatable bonds is 6. The summed E-state index contributed by atoms with van der Waals surface area (Å²) in [5.74, 6) is -0.831. The van der Waals surface area contributed by atoms with Crippen molar-refractivity contribution in [2.75, 3.05) is 6.61 Å². The quantitative estimate of drug-likeness (QED) is 0.832. The molecule has 2 aromatic carbocycles. The van der Waals surface area contributed by atoms with Crippen molar-refractivity contribution in [1.29, 1.82) is 0 Å². The fourth-order valence-corrected chi connectivity index (χ4v) is 2.14. The smallest absolute Gasteiger partial charge is 0.341 e. The van der Waals surface area contributed by atoms with E-state index < -0.39 is 12.6 Å². The average molecular weight is 305 g/mol. The van der Waals surface area contributed by atoms with Crippen LogP contribution in [-0.2, 0) is 11.2 Å². The van der Waals surface area contributed by atoms with E-state index in [0.29, 0.717) is 23.3 Å². The van der Waals surface area contributed by atoms with Gasteiger partial charge in [-0.15, -0.1) is 0 Å². The molecule has 0 amide bonds. The van der Waals surface area contributed by atoms with Crippen LogP contribution in [0.1, 0.15) is 21.5 Å². The summed E-state index contributed by atoms with van der Waals surface area (Å²) in [7, 11) is 0. The van der Waals surface area contributed by atoms with Gasteiger partial charge in [0.25, 0.3) is 0 Å². The third-order valence-electron chi connectivity index (χ3n) is 2.90. The van der Waals surface area contributed by atoms with E-state index in [1.165, 1.54) is 0 Å². The summed E-state index contributed by atoms with van der Waals surface area (Å²) in [6, 6.07) is 12.5. The molecule has 0 atom stereocenters. The van der Waals surface area contributed by atoms with E-state index in [9.17, 15) is 9.59 Å². The second-order valence-corrected chi connectivity index (χ2v) is 4.85. The largest absolute Gasteiger partial charge is 0.481 e. The Bertz CT molecular complexity index is 667. The minimum atomic E-state index is -1.09. The Hall–Kier alpha value is -2.33. The number of benzene rings is 2. The van der Waals surface area contributed by atoms with Crippen molar-refractivity contribution in [1.82, 2.24) is 0 Å². The van der Waals surface area contributed by atoms with Crippen LogP contribution < -0.4 is 4.74 Å². The van der Waals surface area contributed by atoms with Crippen LogP contribution in [0.25, 0.3) is 0 Å². The first-order chi connectivity index (χ1) is 10.1. The van der Waals surface area contributed by atoms with Crippen molar-refractivity contribution < 1.29 is 19.4 Å². The maximum atomic E-state index is 11.1. The van der Waals surface area contributed by atoms with Gasteiger partial charge in [0, 0.05) is 5.02 Å². The van der Waals surface area contributed by atoms with Crippen LogP contribution in [0.15, 0.2) is 42.5 Å². The fourth-order valence-electron chi connectivity index (χ4n) is 1.93. The topological polar surface area (TPSA) is 63.6 Å². The lowest BCUT2D eigenvalue weighted by atomic mass is 10.0. The molecule has 0 radical (unpaired) electrons. The molecule has 0 bridgehead atoms. The highest BCUT2D eigenvalue weighted by Crippen LogP contribution is 2.23. The Labute approximate surface area is 126 Å². The molecule has 21 heavy (non-hydrogen) atoms. The molecule has 0 aliphatic rings. The highest BCUT2D eigenvalue weighted by Gasteiger charge is 2.08. The number of hydrogen-bond donors (Lipinski definition) is 1.